The Labute approximate surface area is 187 Å². The third-order valence-corrected chi connectivity index (χ3v) is 5.77. The molecule has 1 amide bonds. The molecule has 8 nitrogen and oxygen atoms in total. The largest absolute Gasteiger partial charge is 0.418 e. The van der Waals surface area contributed by atoms with Gasteiger partial charge in [0.2, 0.25) is 0 Å². The zero-order chi connectivity index (χ0) is 24.1. The smallest absolute Gasteiger partial charge is 0.382 e. The van der Waals surface area contributed by atoms with Crippen LogP contribution in [-0.4, -0.2) is 38.8 Å². The summed E-state index contributed by atoms with van der Waals surface area (Å²) < 4.78 is 47.9. The average Bonchev–Trinajstić information content (AvgIpc) is 3.17. The highest BCUT2D eigenvalue weighted by molar-refractivity contribution is 6.01. The van der Waals surface area contributed by atoms with E-state index in [0.29, 0.717) is 17.7 Å². The molecule has 11 heteroatoms. The highest BCUT2D eigenvalue weighted by Crippen LogP contribution is 2.40. The monoisotopic (exact) mass is 458 g/mol. The number of carbonyl (C=O) groups excluding carboxylic acids is 1. The molecule has 0 spiro atoms. The Morgan fingerprint density at radius 3 is 2.70 bits per heavy atom. The van der Waals surface area contributed by atoms with E-state index in [9.17, 15) is 23.2 Å². The first kappa shape index (κ1) is 22.5. The lowest BCUT2D eigenvalue weighted by molar-refractivity contribution is -0.148. The topological polar surface area (TPSA) is 110 Å². The number of morpholine rings is 1. The van der Waals surface area contributed by atoms with Gasteiger partial charge in [-0.1, -0.05) is 13.0 Å². The van der Waals surface area contributed by atoms with Crippen LogP contribution in [0, 0.1) is 11.3 Å². The van der Waals surface area contributed by atoms with E-state index in [1.165, 1.54) is 23.1 Å². The van der Waals surface area contributed by atoms with Crippen molar-refractivity contribution in [3.8, 4) is 17.3 Å². The van der Waals surface area contributed by atoms with Crippen LogP contribution in [0.1, 0.15) is 38.3 Å². The molecule has 1 aliphatic rings. The maximum Gasteiger partial charge on any atom is 0.418 e. The Bertz CT molecular complexity index is 1290. The Morgan fingerprint density at radius 2 is 2.06 bits per heavy atom. The minimum atomic E-state index is -4.69. The summed E-state index contributed by atoms with van der Waals surface area (Å²) in [6.07, 6.45) is -3.06. The van der Waals surface area contributed by atoms with Crippen LogP contribution in [0.2, 0.25) is 0 Å². The first-order valence-electron chi connectivity index (χ1n) is 10.2. The number of aromatic nitrogens is 3. The Kier molecular flexibility index (Phi) is 5.29. The molecule has 1 aliphatic heterocycles. The summed E-state index contributed by atoms with van der Waals surface area (Å²) in [5, 5.41) is 13.7. The number of nitriles is 1. The van der Waals surface area contributed by atoms with Gasteiger partial charge < -0.3 is 15.4 Å². The number of nitrogen functional groups attached to an aromatic ring is 1. The SMILES string of the molecule is CCC1COC(C)(C)C(=O)N1c1cc(-c2cc(C(F)(F)F)c3c(N)ncnn23)ccc1C#N. The fourth-order valence-corrected chi connectivity index (χ4v) is 3.98. The van der Waals surface area contributed by atoms with Gasteiger partial charge in [-0.25, -0.2) is 9.50 Å². The van der Waals surface area contributed by atoms with Crippen molar-refractivity contribution in [2.75, 3.05) is 17.2 Å². The number of anilines is 2. The number of halogens is 3. The number of nitrogens with two attached hydrogens (primary N) is 1. The maximum absolute atomic E-state index is 13.7. The highest BCUT2D eigenvalue weighted by Gasteiger charge is 2.43. The number of hydrogen-bond donors (Lipinski definition) is 1. The molecule has 0 radical (unpaired) electrons. The van der Waals surface area contributed by atoms with Crippen molar-refractivity contribution in [2.24, 2.45) is 0 Å². The second kappa shape index (κ2) is 7.74. The molecule has 172 valence electrons. The number of ether oxygens (including phenoxy) is 1. The van der Waals surface area contributed by atoms with Gasteiger partial charge in [-0.2, -0.15) is 23.5 Å². The van der Waals surface area contributed by atoms with Crippen molar-refractivity contribution >= 4 is 22.9 Å². The van der Waals surface area contributed by atoms with E-state index in [1.54, 1.807) is 13.8 Å². The first-order chi connectivity index (χ1) is 15.5. The summed E-state index contributed by atoms with van der Waals surface area (Å²) >= 11 is 0. The van der Waals surface area contributed by atoms with E-state index in [4.69, 9.17) is 10.5 Å². The minimum absolute atomic E-state index is 0.102. The van der Waals surface area contributed by atoms with Crippen LogP contribution in [0.5, 0.6) is 0 Å². The molecule has 33 heavy (non-hydrogen) atoms. The second-order valence-electron chi connectivity index (χ2n) is 8.25. The van der Waals surface area contributed by atoms with Crippen molar-refractivity contribution in [1.29, 1.82) is 5.26 Å². The third kappa shape index (κ3) is 3.66. The fourth-order valence-electron chi connectivity index (χ4n) is 3.98. The van der Waals surface area contributed by atoms with Crippen molar-refractivity contribution in [1.82, 2.24) is 14.6 Å². The highest BCUT2D eigenvalue weighted by atomic mass is 19.4. The molecular formula is C22H21F3N6O2. The Morgan fingerprint density at radius 1 is 1.33 bits per heavy atom. The number of amides is 1. The minimum Gasteiger partial charge on any atom is -0.382 e. The first-order valence-corrected chi connectivity index (χ1v) is 10.2. The van der Waals surface area contributed by atoms with Gasteiger partial charge in [-0.3, -0.25) is 4.79 Å². The van der Waals surface area contributed by atoms with Crippen LogP contribution in [0.3, 0.4) is 0 Å². The number of fused-ring (bicyclic) bond motifs is 1. The van der Waals surface area contributed by atoms with Crippen LogP contribution >= 0.6 is 0 Å². The van der Waals surface area contributed by atoms with E-state index in [-0.39, 0.29) is 41.1 Å². The zero-order valence-electron chi connectivity index (χ0n) is 18.1. The Hall–Kier alpha value is -3.65. The van der Waals surface area contributed by atoms with Crippen LogP contribution in [0.25, 0.3) is 16.8 Å². The molecular weight excluding hydrogens is 437 g/mol. The number of rotatable bonds is 3. The van der Waals surface area contributed by atoms with Crippen LogP contribution in [-0.2, 0) is 15.7 Å². The lowest BCUT2D eigenvalue weighted by atomic mass is 9.98. The van der Waals surface area contributed by atoms with Gasteiger partial charge in [0, 0.05) is 5.56 Å². The van der Waals surface area contributed by atoms with E-state index < -0.39 is 17.3 Å². The molecule has 0 bridgehead atoms. The van der Waals surface area contributed by atoms with Crippen LogP contribution < -0.4 is 10.6 Å². The van der Waals surface area contributed by atoms with Gasteiger partial charge in [0.1, 0.15) is 23.5 Å². The summed E-state index contributed by atoms with van der Waals surface area (Å²) in [4.78, 5) is 18.4. The number of carbonyl (C=O) groups is 1. The maximum atomic E-state index is 13.7. The number of nitrogens with zero attached hydrogens (tertiary/aromatic N) is 5. The zero-order valence-corrected chi connectivity index (χ0v) is 18.1. The normalized spacial score (nSPS) is 18.5. The number of hydrogen-bond acceptors (Lipinski definition) is 6. The predicted octanol–water partition coefficient (Wildman–Crippen LogP) is 3.79. The van der Waals surface area contributed by atoms with Gasteiger partial charge in [0.25, 0.3) is 5.91 Å². The fraction of sp³-hybridized carbons (Fsp3) is 0.364. The molecule has 1 fully saturated rings. The van der Waals surface area contributed by atoms with E-state index in [2.05, 4.69) is 16.2 Å². The lowest BCUT2D eigenvalue weighted by Crippen LogP contribution is -2.58. The lowest BCUT2D eigenvalue weighted by Gasteiger charge is -2.43. The van der Waals surface area contributed by atoms with E-state index in [0.717, 1.165) is 16.9 Å². The summed E-state index contributed by atoms with van der Waals surface area (Å²) in [5.41, 5.74) is 4.25. The van der Waals surface area contributed by atoms with Crippen molar-refractivity contribution in [2.45, 2.75) is 45.0 Å². The number of benzene rings is 1. The van der Waals surface area contributed by atoms with E-state index in [1.807, 2.05) is 6.92 Å². The van der Waals surface area contributed by atoms with Crippen LogP contribution in [0.4, 0.5) is 24.7 Å². The van der Waals surface area contributed by atoms with Gasteiger partial charge in [-0.05, 0) is 38.5 Å². The molecule has 3 aromatic rings. The molecule has 1 aromatic carbocycles. The van der Waals surface area contributed by atoms with Crippen LogP contribution in [0.15, 0.2) is 30.6 Å². The Balaban J connectivity index is 1.95. The standard InChI is InChI=1S/C22H21F3N6O2/c1-4-14-10-33-21(2,3)20(32)30(14)16-7-12(5-6-13(16)9-26)17-8-15(22(23,24)25)18-19(27)28-11-29-31(17)18/h5-8,11,14H,4,10H2,1-3H3,(H2,27,28,29). The quantitative estimate of drug-likeness (QED) is 0.640. The molecule has 1 unspecified atom stereocenters. The third-order valence-electron chi connectivity index (χ3n) is 5.77. The van der Waals surface area contributed by atoms with Crippen molar-refractivity contribution in [3.05, 3.63) is 41.7 Å². The summed E-state index contributed by atoms with van der Waals surface area (Å²) in [7, 11) is 0. The molecule has 4 rings (SSSR count). The molecule has 2 aromatic heterocycles. The summed E-state index contributed by atoms with van der Waals surface area (Å²) in [5.74, 6) is -0.648. The molecule has 0 saturated carbocycles. The van der Waals surface area contributed by atoms with Gasteiger partial charge in [0.05, 0.1) is 35.2 Å². The molecule has 3 heterocycles. The molecule has 1 atom stereocenters. The average molecular weight is 458 g/mol. The predicted molar refractivity (Wildman–Crippen MR) is 114 cm³/mol. The van der Waals surface area contributed by atoms with Gasteiger partial charge >= 0.3 is 6.18 Å². The molecule has 2 N–H and O–H groups in total. The molecule has 1 saturated heterocycles. The molecule has 0 aliphatic carbocycles. The van der Waals surface area contributed by atoms with Gasteiger partial charge in [-0.15, -0.1) is 0 Å². The number of alkyl halides is 3. The van der Waals surface area contributed by atoms with Crippen molar-refractivity contribution in [3.63, 3.8) is 0 Å². The van der Waals surface area contributed by atoms with Crippen molar-refractivity contribution < 1.29 is 22.7 Å². The van der Waals surface area contributed by atoms with Gasteiger partial charge in [0.15, 0.2) is 5.82 Å². The summed E-state index contributed by atoms with van der Waals surface area (Å²) in [6, 6.07) is 7.20. The van der Waals surface area contributed by atoms with E-state index >= 15 is 0 Å². The summed E-state index contributed by atoms with van der Waals surface area (Å²) in [6.45, 7) is 5.43. The second-order valence-corrected chi connectivity index (χ2v) is 8.25.